The Labute approximate surface area is 139 Å². The van der Waals surface area contributed by atoms with Gasteiger partial charge < -0.3 is 10.1 Å². The number of hydrogen-bond acceptors (Lipinski definition) is 3. The SMILES string of the molecule is CC(C)(C)OC(=O)NC1CC(=O)CC[C@@H]1C1CC(F)=C(F)C=C1F. The van der Waals surface area contributed by atoms with Crippen molar-refractivity contribution < 1.29 is 27.5 Å². The van der Waals surface area contributed by atoms with Crippen LogP contribution in [0.25, 0.3) is 0 Å². The van der Waals surface area contributed by atoms with Crippen molar-refractivity contribution in [3.8, 4) is 0 Å². The number of ether oxygens (including phenoxy) is 1. The van der Waals surface area contributed by atoms with Crippen LogP contribution in [0.5, 0.6) is 0 Å². The standard InChI is InChI=1S/C17H22F3NO3/c1-17(2,3)24-16(23)21-15-6-9(22)4-5-10(15)11-7-13(19)14(20)8-12(11)18/h8,10-11,15H,4-7H2,1-3H3,(H,21,23)/t10-,11?,15?/m1/s1. The van der Waals surface area contributed by atoms with E-state index in [-0.39, 0.29) is 18.6 Å². The van der Waals surface area contributed by atoms with Crippen LogP contribution in [0.15, 0.2) is 23.6 Å². The van der Waals surface area contributed by atoms with Gasteiger partial charge in [-0.15, -0.1) is 0 Å². The van der Waals surface area contributed by atoms with E-state index >= 15 is 0 Å². The van der Waals surface area contributed by atoms with Crippen molar-refractivity contribution in [1.82, 2.24) is 5.32 Å². The minimum Gasteiger partial charge on any atom is -0.444 e. The van der Waals surface area contributed by atoms with Crippen LogP contribution >= 0.6 is 0 Å². The zero-order chi connectivity index (χ0) is 18.1. The molecule has 2 aliphatic carbocycles. The van der Waals surface area contributed by atoms with Gasteiger partial charge in [-0.2, -0.15) is 0 Å². The molecule has 2 unspecified atom stereocenters. The van der Waals surface area contributed by atoms with Gasteiger partial charge in [0.2, 0.25) is 0 Å². The summed E-state index contributed by atoms with van der Waals surface area (Å²) in [6.07, 6.45) is -0.00464. The number of halogens is 3. The molecule has 0 spiro atoms. The molecule has 1 N–H and O–H groups in total. The monoisotopic (exact) mass is 345 g/mol. The number of ketones is 1. The second-order valence-electron chi connectivity index (χ2n) is 7.29. The van der Waals surface area contributed by atoms with Gasteiger partial charge in [0.25, 0.3) is 0 Å². The summed E-state index contributed by atoms with van der Waals surface area (Å²) in [7, 11) is 0. The summed E-state index contributed by atoms with van der Waals surface area (Å²) in [4.78, 5) is 23.7. The van der Waals surface area contributed by atoms with Crippen molar-refractivity contribution in [1.29, 1.82) is 0 Å². The summed E-state index contributed by atoms with van der Waals surface area (Å²) < 4.78 is 46.0. The zero-order valence-corrected chi connectivity index (χ0v) is 14.0. The number of rotatable bonds is 2. The summed E-state index contributed by atoms with van der Waals surface area (Å²) >= 11 is 0. The molecule has 0 aromatic heterocycles. The molecular weight excluding hydrogens is 323 g/mol. The van der Waals surface area contributed by atoms with Crippen LogP contribution in [0, 0.1) is 11.8 Å². The van der Waals surface area contributed by atoms with Crippen molar-refractivity contribution in [2.45, 2.75) is 58.1 Å². The lowest BCUT2D eigenvalue weighted by Crippen LogP contribution is -2.48. The molecule has 3 atom stereocenters. The number of nitrogens with one attached hydrogen (secondary N) is 1. The predicted octanol–water partition coefficient (Wildman–Crippen LogP) is 4.27. The van der Waals surface area contributed by atoms with Gasteiger partial charge in [0.05, 0.1) is 0 Å². The maximum atomic E-state index is 14.1. The molecule has 2 rings (SSSR count). The fraction of sp³-hybridized carbons (Fsp3) is 0.647. The Morgan fingerprint density at radius 1 is 1.25 bits per heavy atom. The van der Waals surface area contributed by atoms with E-state index in [1.54, 1.807) is 20.8 Å². The predicted molar refractivity (Wildman–Crippen MR) is 82.0 cm³/mol. The Balaban J connectivity index is 2.13. The highest BCUT2D eigenvalue weighted by atomic mass is 19.2. The van der Waals surface area contributed by atoms with Crippen LogP contribution in [-0.2, 0) is 9.53 Å². The Bertz CT molecular complexity index is 592. The van der Waals surface area contributed by atoms with Crippen LogP contribution in [0.1, 0.15) is 46.5 Å². The molecule has 1 saturated carbocycles. The summed E-state index contributed by atoms with van der Waals surface area (Å²) in [6, 6.07) is -0.667. The van der Waals surface area contributed by atoms with Gasteiger partial charge in [-0.05, 0) is 33.1 Å². The van der Waals surface area contributed by atoms with E-state index in [2.05, 4.69) is 5.32 Å². The first-order valence-electron chi connectivity index (χ1n) is 7.99. The van der Waals surface area contributed by atoms with Crippen LogP contribution in [0.3, 0.4) is 0 Å². The second-order valence-corrected chi connectivity index (χ2v) is 7.29. The molecular formula is C17H22F3NO3. The first-order chi connectivity index (χ1) is 11.1. The van der Waals surface area contributed by atoms with Gasteiger partial charge in [-0.1, -0.05) is 0 Å². The minimum atomic E-state index is -1.20. The number of carbonyl (C=O) groups excluding carboxylic acids is 2. The van der Waals surface area contributed by atoms with E-state index in [1.165, 1.54) is 0 Å². The van der Waals surface area contributed by atoms with Crippen LogP contribution in [0.4, 0.5) is 18.0 Å². The largest absolute Gasteiger partial charge is 0.444 e. The molecule has 1 fully saturated rings. The Morgan fingerprint density at radius 2 is 1.92 bits per heavy atom. The molecule has 0 saturated heterocycles. The van der Waals surface area contributed by atoms with Gasteiger partial charge in [0, 0.05) is 37.3 Å². The number of hydrogen-bond donors (Lipinski definition) is 1. The molecule has 0 radical (unpaired) electrons. The highest BCUT2D eigenvalue weighted by Crippen LogP contribution is 2.41. The molecule has 4 nitrogen and oxygen atoms in total. The summed E-state index contributed by atoms with van der Waals surface area (Å²) in [5.41, 5.74) is -0.716. The molecule has 0 bridgehead atoms. The van der Waals surface area contributed by atoms with Crippen LogP contribution in [-0.4, -0.2) is 23.5 Å². The van der Waals surface area contributed by atoms with Crippen LogP contribution in [0.2, 0.25) is 0 Å². The van der Waals surface area contributed by atoms with E-state index in [0.29, 0.717) is 12.5 Å². The lowest BCUT2D eigenvalue weighted by molar-refractivity contribution is -0.122. The molecule has 1 amide bonds. The molecule has 134 valence electrons. The molecule has 24 heavy (non-hydrogen) atoms. The molecule has 0 aromatic rings. The van der Waals surface area contributed by atoms with Gasteiger partial charge in [-0.3, -0.25) is 4.79 Å². The van der Waals surface area contributed by atoms with Gasteiger partial charge in [0.15, 0.2) is 5.83 Å². The third-order valence-corrected chi connectivity index (χ3v) is 4.22. The third kappa shape index (κ3) is 4.61. The second kappa shape index (κ2) is 6.99. The van der Waals surface area contributed by atoms with Gasteiger partial charge in [0.1, 0.15) is 23.0 Å². The molecule has 7 heteroatoms. The molecule has 2 aliphatic rings. The number of amides is 1. The fourth-order valence-electron chi connectivity index (χ4n) is 3.18. The summed E-state index contributed by atoms with van der Waals surface area (Å²) in [6.45, 7) is 5.09. The average Bonchev–Trinajstić information content (AvgIpc) is 2.41. The first-order valence-corrected chi connectivity index (χ1v) is 7.99. The van der Waals surface area contributed by atoms with Gasteiger partial charge in [-0.25, -0.2) is 18.0 Å². The van der Waals surface area contributed by atoms with E-state index in [9.17, 15) is 22.8 Å². The minimum absolute atomic E-state index is 0.0293. The van der Waals surface area contributed by atoms with Crippen LogP contribution < -0.4 is 5.32 Å². The molecule has 0 aromatic carbocycles. The maximum absolute atomic E-state index is 14.1. The highest BCUT2D eigenvalue weighted by molar-refractivity contribution is 5.81. The van der Waals surface area contributed by atoms with E-state index in [0.717, 1.165) is 0 Å². The first kappa shape index (κ1) is 18.5. The normalized spacial score (nSPS) is 28.5. The number of Topliss-reactive ketones (excluding diaryl/α,β-unsaturated/α-hetero) is 1. The van der Waals surface area contributed by atoms with E-state index in [1.807, 2.05) is 0 Å². The quantitative estimate of drug-likeness (QED) is 0.813. The average molecular weight is 345 g/mol. The third-order valence-electron chi connectivity index (χ3n) is 4.22. The van der Waals surface area contributed by atoms with Crippen molar-refractivity contribution in [3.63, 3.8) is 0 Å². The van der Waals surface area contributed by atoms with Gasteiger partial charge >= 0.3 is 6.09 Å². The lowest BCUT2D eigenvalue weighted by Gasteiger charge is -2.37. The summed E-state index contributed by atoms with van der Waals surface area (Å²) in [5.74, 6) is -4.41. The summed E-state index contributed by atoms with van der Waals surface area (Å²) in [5, 5.41) is 2.59. The number of carbonyl (C=O) groups is 2. The van der Waals surface area contributed by atoms with Crippen molar-refractivity contribution in [2.75, 3.05) is 0 Å². The van der Waals surface area contributed by atoms with Crippen molar-refractivity contribution >= 4 is 11.9 Å². The van der Waals surface area contributed by atoms with Crippen molar-refractivity contribution in [2.24, 2.45) is 11.8 Å². The fourth-order valence-corrected chi connectivity index (χ4v) is 3.18. The Hall–Kier alpha value is -1.79. The Kier molecular flexibility index (Phi) is 5.40. The zero-order valence-electron chi connectivity index (χ0n) is 14.0. The highest BCUT2D eigenvalue weighted by Gasteiger charge is 2.40. The topological polar surface area (TPSA) is 55.4 Å². The molecule has 0 heterocycles. The van der Waals surface area contributed by atoms with Crippen molar-refractivity contribution in [3.05, 3.63) is 23.6 Å². The smallest absolute Gasteiger partial charge is 0.407 e. The Morgan fingerprint density at radius 3 is 2.54 bits per heavy atom. The van der Waals surface area contributed by atoms with E-state index in [4.69, 9.17) is 4.74 Å². The van der Waals surface area contributed by atoms with E-state index < -0.39 is 53.5 Å². The lowest BCUT2D eigenvalue weighted by atomic mass is 9.73. The maximum Gasteiger partial charge on any atom is 0.407 e. The number of alkyl carbamates (subject to hydrolysis) is 1. The molecule has 0 aliphatic heterocycles. The number of allylic oxidation sites excluding steroid dienone is 4.